The summed E-state index contributed by atoms with van der Waals surface area (Å²) in [6.07, 6.45) is 0. The van der Waals surface area contributed by atoms with E-state index in [4.69, 9.17) is 0 Å². The van der Waals surface area contributed by atoms with Crippen LogP contribution in [-0.2, 0) is 0 Å². The van der Waals surface area contributed by atoms with Crippen molar-refractivity contribution in [2.24, 2.45) is 0 Å². The van der Waals surface area contributed by atoms with Gasteiger partial charge in [0.25, 0.3) is 0 Å². The minimum absolute atomic E-state index is 1.38. The lowest BCUT2D eigenvalue weighted by molar-refractivity contribution is 1.27. The molecule has 0 unspecified atom stereocenters. The number of aryl methyl sites for hydroxylation is 2. The van der Waals surface area contributed by atoms with Gasteiger partial charge in [0.2, 0.25) is 0 Å². The Kier molecular flexibility index (Phi) is 2.66. The molecule has 2 rings (SSSR count). The molecule has 0 fully saturated rings. The lowest BCUT2D eigenvalue weighted by atomic mass is 9.98. The van der Waals surface area contributed by atoms with Gasteiger partial charge in [-0.2, -0.15) is 0 Å². The summed E-state index contributed by atoms with van der Waals surface area (Å²) in [4.78, 5) is 2.76. The maximum absolute atomic E-state index is 2.24. The second-order valence-corrected chi connectivity index (χ2v) is 5.38. The van der Waals surface area contributed by atoms with Crippen molar-refractivity contribution in [3.63, 3.8) is 0 Å². The number of benzene rings is 1. The van der Waals surface area contributed by atoms with Gasteiger partial charge in [-0.1, -0.05) is 12.1 Å². The van der Waals surface area contributed by atoms with Gasteiger partial charge in [0.15, 0.2) is 0 Å². The predicted octanol–water partition coefficient (Wildman–Crippen LogP) is 4.65. The first-order chi connectivity index (χ1) is 7.09. The Hall–Kier alpha value is -1.08. The minimum atomic E-state index is 1.38. The van der Waals surface area contributed by atoms with Crippen molar-refractivity contribution < 1.29 is 0 Å². The van der Waals surface area contributed by atoms with E-state index in [0.717, 1.165) is 0 Å². The van der Waals surface area contributed by atoms with E-state index in [-0.39, 0.29) is 0 Å². The van der Waals surface area contributed by atoms with Crippen molar-refractivity contribution in [1.82, 2.24) is 0 Å². The molecule has 15 heavy (non-hydrogen) atoms. The van der Waals surface area contributed by atoms with Gasteiger partial charge in [0, 0.05) is 9.75 Å². The van der Waals surface area contributed by atoms with Crippen molar-refractivity contribution in [2.75, 3.05) is 0 Å². The molecule has 1 aromatic carbocycles. The molecule has 1 heteroatoms. The van der Waals surface area contributed by atoms with Crippen LogP contribution in [0.3, 0.4) is 0 Å². The van der Waals surface area contributed by atoms with E-state index in [1.165, 1.54) is 32.0 Å². The van der Waals surface area contributed by atoms with E-state index in [0.29, 0.717) is 0 Å². The van der Waals surface area contributed by atoms with E-state index in [2.05, 4.69) is 52.0 Å². The molecule has 0 amide bonds. The molecule has 0 nitrogen and oxygen atoms in total. The molecule has 0 aliphatic heterocycles. The van der Waals surface area contributed by atoms with E-state index in [1.54, 1.807) is 0 Å². The molecule has 2 aromatic rings. The summed E-state index contributed by atoms with van der Waals surface area (Å²) in [6.45, 7) is 8.75. The largest absolute Gasteiger partial charge is 0.141 e. The van der Waals surface area contributed by atoms with Crippen LogP contribution in [0.5, 0.6) is 0 Å². The van der Waals surface area contributed by atoms with E-state index >= 15 is 0 Å². The summed E-state index contributed by atoms with van der Waals surface area (Å²) in [5.74, 6) is 0. The highest BCUT2D eigenvalue weighted by Crippen LogP contribution is 2.32. The van der Waals surface area contributed by atoms with Crippen LogP contribution >= 0.6 is 11.3 Å². The Morgan fingerprint density at radius 2 is 1.53 bits per heavy atom. The molecule has 0 aliphatic rings. The van der Waals surface area contributed by atoms with Crippen molar-refractivity contribution in [2.45, 2.75) is 27.7 Å². The van der Waals surface area contributed by atoms with Crippen LogP contribution in [0.2, 0.25) is 0 Å². The monoisotopic (exact) mass is 216 g/mol. The van der Waals surface area contributed by atoms with Crippen LogP contribution in [0, 0.1) is 27.7 Å². The highest BCUT2D eigenvalue weighted by Gasteiger charge is 2.07. The molecule has 0 bridgehead atoms. The van der Waals surface area contributed by atoms with Crippen LogP contribution < -0.4 is 0 Å². The zero-order chi connectivity index (χ0) is 11.0. The van der Waals surface area contributed by atoms with E-state index < -0.39 is 0 Å². The average Bonchev–Trinajstić information content (AvgIpc) is 2.61. The van der Waals surface area contributed by atoms with Crippen LogP contribution in [0.15, 0.2) is 24.3 Å². The zero-order valence-corrected chi connectivity index (χ0v) is 10.5. The van der Waals surface area contributed by atoms with Gasteiger partial charge in [0.05, 0.1) is 0 Å². The van der Waals surface area contributed by atoms with Crippen molar-refractivity contribution in [3.8, 4) is 10.4 Å². The van der Waals surface area contributed by atoms with Gasteiger partial charge in [0.1, 0.15) is 0 Å². The molecule has 0 spiro atoms. The average molecular weight is 216 g/mol. The molecule has 1 aromatic heterocycles. The highest BCUT2D eigenvalue weighted by atomic mass is 32.1. The Morgan fingerprint density at radius 3 is 2.13 bits per heavy atom. The van der Waals surface area contributed by atoms with Crippen LogP contribution in [0.1, 0.15) is 21.6 Å². The molecule has 0 atom stereocenters. The Morgan fingerprint density at radius 1 is 0.800 bits per heavy atom. The smallest absolute Gasteiger partial charge is 0.0348 e. The van der Waals surface area contributed by atoms with Crippen molar-refractivity contribution in [3.05, 3.63) is 45.8 Å². The first kappa shape index (κ1) is 10.4. The molecule has 1 heterocycles. The first-order valence-electron chi connectivity index (χ1n) is 5.23. The summed E-state index contributed by atoms with van der Waals surface area (Å²) in [7, 11) is 0. The van der Waals surface area contributed by atoms with Crippen LogP contribution in [0.4, 0.5) is 0 Å². The first-order valence-corrected chi connectivity index (χ1v) is 6.05. The Labute approximate surface area is 95.6 Å². The number of rotatable bonds is 1. The molecule has 0 saturated heterocycles. The molecule has 0 aliphatic carbocycles. The second-order valence-electron chi connectivity index (χ2n) is 4.09. The van der Waals surface area contributed by atoms with E-state index in [1.807, 2.05) is 11.3 Å². The highest BCUT2D eigenvalue weighted by molar-refractivity contribution is 7.15. The topological polar surface area (TPSA) is 0 Å². The van der Waals surface area contributed by atoms with E-state index in [9.17, 15) is 0 Å². The van der Waals surface area contributed by atoms with Gasteiger partial charge < -0.3 is 0 Å². The summed E-state index contributed by atoms with van der Waals surface area (Å²) in [5.41, 5.74) is 5.59. The lowest BCUT2D eigenvalue weighted by Crippen LogP contribution is -1.88. The summed E-state index contributed by atoms with van der Waals surface area (Å²) in [6, 6.07) is 8.86. The number of thiophene rings is 1. The molecular formula is C14H16S. The predicted molar refractivity (Wildman–Crippen MR) is 68.7 cm³/mol. The Bertz CT molecular complexity index is 492. The maximum Gasteiger partial charge on any atom is 0.0348 e. The molecular weight excluding hydrogens is 200 g/mol. The van der Waals surface area contributed by atoms with Crippen molar-refractivity contribution in [1.29, 1.82) is 0 Å². The SMILES string of the molecule is Cc1ccc(-c2ccc(C)c(C)c2C)s1. The Balaban J connectivity index is 2.59. The zero-order valence-electron chi connectivity index (χ0n) is 9.72. The standard InChI is InChI=1S/C14H16S/c1-9-5-7-13(12(4)11(9)3)14-8-6-10(2)15-14/h5-8H,1-4H3. The van der Waals surface area contributed by atoms with Gasteiger partial charge in [-0.3, -0.25) is 0 Å². The molecule has 0 N–H and O–H groups in total. The molecule has 0 saturated carbocycles. The number of hydrogen-bond acceptors (Lipinski definition) is 1. The third-order valence-corrected chi connectivity index (χ3v) is 4.10. The fourth-order valence-corrected chi connectivity index (χ4v) is 2.75. The number of hydrogen-bond donors (Lipinski definition) is 0. The van der Waals surface area contributed by atoms with Crippen molar-refractivity contribution >= 4 is 11.3 Å². The molecule has 0 radical (unpaired) electrons. The van der Waals surface area contributed by atoms with Gasteiger partial charge in [-0.25, -0.2) is 0 Å². The van der Waals surface area contributed by atoms with Gasteiger partial charge in [-0.05, 0) is 62.1 Å². The third-order valence-electron chi connectivity index (χ3n) is 3.06. The third kappa shape index (κ3) is 1.84. The van der Waals surface area contributed by atoms with Gasteiger partial charge >= 0.3 is 0 Å². The van der Waals surface area contributed by atoms with Crippen LogP contribution in [-0.4, -0.2) is 0 Å². The van der Waals surface area contributed by atoms with Gasteiger partial charge in [-0.15, -0.1) is 11.3 Å². The lowest BCUT2D eigenvalue weighted by Gasteiger charge is -2.09. The summed E-state index contributed by atoms with van der Waals surface area (Å²) < 4.78 is 0. The van der Waals surface area contributed by atoms with Crippen LogP contribution in [0.25, 0.3) is 10.4 Å². The summed E-state index contributed by atoms with van der Waals surface area (Å²) in [5, 5.41) is 0. The second kappa shape index (κ2) is 3.82. The normalized spacial score (nSPS) is 10.7. The summed E-state index contributed by atoms with van der Waals surface area (Å²) >= 11 is 1.87. The maximum atomic E-state index is 2.24. The fourth-order valence-electron chi connectivity index (χ4n) is 1.80. The minimum Gasteiger partial charge on any atom is -0.141 e. The molecule has 78 valence electrons. The fraction of sp³-hybridized carbons (Fsp3) is 0.286. The quantitative estimate of drug-likeness (QED) is 0.651.